The number of carbonyl (C=O) groups excluding carboxylic acids is 1. The summed E-state index contributed by atoms with van der Waals surface area (Å²) in [5, 5.41) is 12.5. The first-order valence-electron chi connectivity index (χ1n) is 10.3. The van der Waals surface area contributed by atoms with Gasteiger partial charge in [0.15, 0.2) is 4.34 Å². The van der Waals surface area contributed by atoms with Gasteiger partial charge in [0.05, 0.1) is 5.75 Å². The number of nitrogens with zero attached hydrogens (tertiary/aromatic N) is 3. The molecule has 1 aliphatic carbocycles. The molecule has 7 heteroatoms. The van der Waals surface area contributed by atoms with Gasteiger partial charge in [-0.1, -0.05) is 83.8 Å². The predicted molar refractivity (Wildman–Crippen MR) is 124 cm³/mol. The molecule has 0 radical (unpaired) electrons. The lowest BCUT2D eigenvalue weighted by Crippen LogP contribution is -2.40. The van der Waals surface area contributed by atoms with Gasteiger partial charge in [-0.2, -0.15) is 0 Å². The van der Waals surface area contributed by atoms with Crippen LogP contribution >= 0.6 is 23.1 Å². The number of aromatic nitrogens is 2. The minimum absolute atomic E-state index is 0.164. The van der Waals surface area contributed by atoms with Crippen LogP contribution in [0, 0.1) is 5.92 Å². The molecular formula is C23H26N4OS2. The maximum atomic E-state index is 13.1. The zero-order valence-corrected chi connectivity index (χ0v) is 18.7. The highest BCUT2D eigenvalue weighted by Crippen LogP contribution is 2.36. The summed E-state index contributed by atoms with van der Waals surface area (Å²) in [6.45, 7) is 3.56. The maximum absolute atomic E-state index is 13.1. The Morgan fingerprint density at radius 1 is 1.10 bits per heavy atom. The normalized spacial score (nSPS) is 14.3. The molecule has 1 aliphatic rings. The molecule has 0 saturated heterocycles. The third-order valence-corrected chi connectivity index (χ3v) is 7.32. The number of hydrogen-bond donors (Lipinski definition) is 1. The van der Waals surface area contributed by atoms with E-state index in [9.17, 15) is 4.79 Å². The Morgan fingerprint density at radius 3 is 2.43 bits per heavy atom. The van der Waals surface area contributed by atoms with E-state index in [0.29, 0.717) is 24.8 Å². The van der Waals surface area contributed by atoms with Crippen molar-refractivity contribution in [1.29, 1.82) is 0 Å². The fraction of sp³-hybridized carbons (Fsp3) is 0.348. The van der Waals surface area contributed by atoms with Gasteiger partial charge in [-0.3, -0.25) is 4.79 Å². The van der Waals surface area contributed by atoms with Crippen LogP contribution < -0.4 is 5.32 Å². The Balaban J connectivity index is 1.32. The Hall–Kier alpha value is -2.38. The maximum Gasteiger partial charge on any atom is 0.233 e. The number of benzene rings is 2. The number of anilines is 1. The van der Waals surface area contributed by atoms with Crippen molar-refractivity contribution in [3.63, 3.8) is 0 Å². The van der Waals surface area contributed by atoms with Gasteiger partial charge in [-0.05, 0) is 36.8 Å². The number of carbonyl (C=O) groups is 1. The van der Waals surface area contributed by atoms with E-state index in [0.717, 1.165) is 9.47 Å². The molecule has 30 heavy (non-hydrogen) atoms. The third kappa shape index (κ3) is 5.83. The fourth-order valence-corrected chi connectivity index (χ4v) is 5.03. The monoisotopic (exact) mass is 438 g/mol. The summed E-state index contributed by atoms with van der Waals surface area (Å²) >= 11 is 2.97. The predicted octanol–water partition coefficient (Wildman–Crippen LogP) is 5.07. The van der Waals surface area contributed by atoms with Gasteiger partial charge in [0, 0.05) is 19.1 Å². The molecule has 1 unspecified atom stereocenters. The number of hydrogen-bond acceptors (Lipinski definition) is 6. The second-order valence-corrected chi connectivity index (χ2v) is 9.79. The second-order valence-electron chi connectivity index (χ2n) is 7.59. The van der Waals surface area contributed by atoms with Crippen LogP contribution in [0.15, 0.2) is 65.0 Å². The van der Waals surface area contributed by atoms with E-state index in [1.165, 1.54) is 47.1 Å². The summed E-state index contributed by atoms with van der Waals surface area (Å²) < 4.78 is 0.817. The van der Waals surface area contributed by atoms with Crippen molar-refractivity contribution >= 4 is 34.1 Å². The van der Waals surface area contributed by atoms with Crippen LogP contribution in [0.3, 0.4) is 0 Å². The first-order chi connectivity index (χ1) is 14.7. The number of thioether (sulfide) groups is 1. The van der Waals surface area contributed by atoms with Crippen LogP contribution in [0.25, 0.3) is 0 Å². The van der Waals surface area contributed by atoms with Crippen LogP contribution in [-0.4, -0.2) is 32.8 Å². The van der Waals surface area contributed by atoms with Crippen LogP contribution in [0.1, 0.15) is 30.9 Å². The van der Waals surface area contributed by atoms with E-state index >= 15 is 0 Å². The summed E-state index contributed by atoms with van der Waals surface area (Å²) in [6.07, 6.45) is 2.44. The van der Waals surface area contributed by atoms with Crippen molar-refractivity contribution in [2.45, 2.75) is 43.2 Å². The molecule has 4 rings (SSSR count). The lowest BCUT2D eigenvalue weighted by atomic mass is 10.1. The van der Waals surface area contributed by atoms with Crippen molar-refractivity contribution in [1.82, 2.24) is 15.1 Å². The van der Waals surface area contributed by atoms with Gasteiger partial charge < -0.3 is 10.2 Å². The lowest BCUT2D eigenvalue weighted by Gasteiger charge is -2.29. The highest BCUT2D eigenvalue weighted by Gasteiger charge is 2.34. The molecule has 1 heterocycles. The summed E-state index contributed by atoms with van der Waals surface area (Å²) in [5.74, 6) is 1.19. The molecule has 1 aromatic heterocycles. The van der Waals surface area contributed by atoms with Gasteiger partial charge in [-0.15, -0.1) is 10.2 Å². The van der Waals surface area contributed by atoms with Crippen LogP contribution in [-0.2, 0) is 17.9 Å². The molecule has 0 aliphatic heterocycles. The van der Waals surface area contributed by atoms with Crippen LogP contribution in [0.5, 0.6) is 0 Å². The van der Waals surface area contributed by atoms with Gasteiger partial charge in [0.25, 0.3) is 0 Å². The van der Waals surface area contributed by atoms with Crippen molar-refractivity contribution in [2.75, 3.05) is 11.1 Å². The number of nitrogens with one attached hydrogen (secondary N) is 1. The minimum Gasteiger partial charge on any atom is -0.356 e. The van der Waals surface area contributed by atoms with Crippen LogP contribution in [0.2, 0.25) is 0 Å². The molecule has 3 aromatic rings. The van der Waals surface area contributed by atoms with Gasteiger partial charge in [-0.25, -0.2) is 0 Å². The van der Waals surface area contributed by atoms with Crippen molar-refractivity contribution < 1.29 is 4.79 Å². The molecule has 0 spiro atoms. The number of rotatable bonds is 10. The van der Waals surface area contributed by atoms with E-state index in [-0.39, 0.29) is 11.9 Å². The molecule has 156 valence electrons. The molecule has 1 fully saturated rings. The molecule has 1 amide bonds. The summed E-state index contributed by atoms with van der Waals surface area (Å²) in [7, 11) is 0. The lowest BCUT2D eigenvalue weighted by molar-refractivity contribution is -0.131. The Bertz CT molecular complexity index is 944. The Kier molecular flexibility index (Phi) is 7.02. The summed E-state index contributed by atoms with van der Waals surface area (Å²) in [6, 6.07) is 20.7. The third-order valence-electron chi connectivity index (χ3n) is 5.32. The largest absolute Gasteiger partial charge is 0.356 e. The van der Waals surface area contributed by atoms with Crippen molar-refractivity contribution in [3.05, 3.63) is 71.8 Å². The van der Waals surface area contributed by atoms with E-state index in [1.54, 1.807) is 0 Å². The number of amides is 1. The Labute approximate surface area is 185 Å². The molecule has 0 bridgehead atoms. The van der Waals surface area contributed by atoms with Gasteiger partial charge in [0.2, 0.25) is 11.0 Å². The minimum atomic E-state index is 0.164. The SMILES string of the molecule is CC(C1CC1)N(Cc1ccccc1)C(=O)CSc1nnc(NCc2ccccc2)s1. The molecule has 2 aromatic carbocycles. The quantitative estimate of drug-likeness (QED) is 0.448. The zero-order chi connectivity index (χ0) is 20.8. The molecule has 1 N–H and O–H groups in total. The standard InChI is InChI=1S/C23H26N4OS2/c1-17(20-12-13-20)27(15-19-10-6-3-7-11-19)21(28)16-29-23-26-25-22(30-23)24-14-18-8-4-2-5-9-18/h2-11,17,20H,12-16H2,1H3,(H,24,25). The summed E-state index contributed by atoms with van der Waals surface area (Å²) in [4.78, 5) is 15.1. The van der Waals surface area contributed by atoms with Crippen molar-refractivity contribution in [2.24, 2.45) is 5.92 Å². The van der Waals surface area contributed by atoms with E-state index in [2.05, 4.69) is 46.7 Å². The average Bonchev–Trinajstić information content (AvgIpc) is 3.54. The van der Waals surface area contributed by atoms with Gasteiger partial charge >= 0.3 is 0 Å². The zero-order valence-electron chi connectivity index (χ0n) is 17.0. The first-order valence-corrected chi connectivity index (χ1v) is 12.1. The average molecular weight is 439 g/mol. The van der Waals surface area contributed by atoms with Crippen LogP contribution in [0.4, 0.5) is 5.13 Å². The second kappa shape index (κ2) is 10.1. The van der Waals surface area contributed by atoms with Gasteiger partial charge in [0.1, 0.15) is 0 Å². The Morgan fingerprint density at radius 2 is 1.77 bits per heavy atom. The molecule has 1 saturated carbocycles. The van der Waals surface area contributed by atoms with E-state index in [1.807, 2.05) is 41.3 Å². The smallest absolute Gasteiger partial charge is 0.233 e. The fourth-order valence-electron chi connectivity index (χ4n) is 3.39. The topological polar surface area (TPSA) is 58.1 Å². The van der Waals surface area contributed by atoms with Crippen molar-refractivity contribution in [3.8, 4) is 0 Å². The highest BCUT2D eigenvalue weighted by molar-refractivity contribution is 8.01. The molecule has 5 nitrogen and oxygen atoms in total. The molecular weight excluding hydrogens is 412 g/mol. The van der Waals surface area contributed by atoms with E-state index < -0.39 is 0 Å². The summed E-state index contributed by atoms with van der Waals surface area (Å²) in [5.41, 5.74) is 2.37. The first kappa shape index (κ1) is 20.9. The highest BCUT2D eigenvalue weighted by atomic mass is 32.2. The van der Waals surface area contributed by atoms with E-state index in [4.69, 9.17) is 0 Å². The molecule has 1 atom stereocenters.